The molecule has 5 N–H and O–H groups in total. The van der Waals surface area contributed by atoms with E-state index in [2.05, 4.69) is 26.1 Å². The number of carbonyl (C=O) groups is 1. The summed E-state index contributed by atoms with van der Waals surface area (Å²) in [6.07, 6.45) is 1.27. The van der Waals surface area contributed by atoms with Crippen molar-refractivity contribution in [2.75, 3.05) is 16.5 Å². The van der Waals surface area contributed by atoms with Crippen molar-refractivity contribution in [3.8, 4) is 0 Å². The van der Waals surface area contributed by atoms with Crippen molar-refractivity contribution < 1.29 is 9.18 Å². The Morgan fingerprint density at radius 1 is 1.11 bits per heavy atom. The Balaban J connectivity index is 1.71. The standard InChI is InChI=1S/C18H16ClFN6O/c1-10-2-4-11(5-3-10)18(27)26-25-17-15(21)16(22-9-23-17)24-12-6-7-14(20)13(19)8-12/h2-9H,21H2,1H3,(H,26,27)(H2,22,23,24,25). The van der Waals surface area contributed by atoms with E-state index < -0.39 is 5.82 Å². The molecule has 2 aromatic carbocycles. The van der Waals surface area contributed by atoms with Gasteiger partial charge in [-0.25, -0.2) is 14.4 Å². The molecule has 1 heterocycles. The van der Waals surface area contributed by atoms with Gasteiger partial charge in [-0.15, -0.1) is 0 Å². The fraction of sp³-hybridized carbons (Fsp3) is 0.0556. The predicted molar refractivity (Wildman–Crippen MR) is 103 cm³/mol. The smallest absolute Gasteiger partial charge is 0.269 e. The van der Waals surface area contributed by atoms with Gasteiger partial charge < -0.3 is 11.1 Å². The van der Waals surface area contributed by atoms with E-state index >= 15 is 0 Å². The molecule has 3 rings (SSSR count). The Kier molecular flexibility index (Phi) is 5.37. The molecular formula is C18H16ClFN6O. The molecule has 0 unspecified atom stereocenters. The van der Waals surface area contributed by atoms with Gasteiger partial charge in [0.15, 0.2) is 11.6 Å². The number of amides is 1. The molecule has 0 aliphatic rings. The molecule has 0 bridgehead atoms. The fourth-order valence-electron chi connectivity index (χ4n) is 2.20. The second-order valence-corrected chi connectivity index (χ2v) is 6.09. The second kappa shape index (κ2) is 7.88. The van der Waals surface area contributed by atoms with Gasteiger partial charge >= 0.3 is 0 Å². The van der Waals surface area contributed by atoms with Gasteiger partial charge in [-0.3, -0.25) is 15.6 Å². The first-order valence-electron chi connectivity index (χ1n) is 7.89. The van der Waals surface area contributed by atoms with Gasteiger partial charge in [0.1, 0.15) is 17.8 Å². The van der Waals surface area contributed by atoms with Crippen molar-refractivity contribution in [2.45, 2.75) is 6.92 Å². The lowest BCUT2D eigenvalue weighted by molar-refractivity contribution is 0.0962. The highest BCUT2D eigenvalue weighted by molar-refractivity contribution is 6.31. The number of benzene rings is 2. The first-order valence-corrected chi connectivity index (χ1v) is 8.27. The zero-order chi connectivity index (χ0) is 19.4. The SMILES string of the molecule is Cc1ccc(C(=O)NNc2ncnc(Nc3ccc(F)c(Cl)c3)c2N)cc1. The van der Waals surface area contributed by atoms with E-state index in [0.29, 0.717) is 11.3 Å². The molecule has 1 aromatic heterocycles. The Bertz CT molecular complexity index is 980. The van der Waals surface area contributed by atoms with E-state index in [1.807, 2.05) is 19.1 Å². The first kappa shape index (κ1) is 18.4. The van der Waals surface area contributed by atoms with Gasteiger partial charge in [-0.2, -0.15) is 0 Å². The van der Waals surface area contributed by atoms with Gasteiger partial charge in [0.05, 0.1) is 5.02 Å². The third-order valence-corrected chi connectivity index (χ3v) is 3.96. The molecule has 0 fully saturated rings. The van der Waals surface area contributed by atoms with E-state index in [-0.39, 0.29) is 28.3 Å². The van der Waals surface area contributed by atoms with Gasteiger partial charge in [-0.05, 0) is 37.3 Å². The van der Waals surface area contributed by atoms with Crippen LogP contribution in [-0.2, 0) is 0 Å². The largest absolute Gasteiger partial charge is 0.393 e. The summed E-state index contributed by atoms with van der Waals surface area (Å²) in [6, 6.07) is 11.2. The van der Waals surface area contributed by atoms with Crippen LogP contribution in [-0.4, -0.2) is 15.9 Å². The summed E-state index contributed by atoms with van der Waals surface area (Å²) in [6.45, 7) is 1.93. The quantitative estimate of drug-likeness (QED) is 0.499. The summed E-state index contributed by atoms with van der Waals surface area (Å²) in [5.41, 5.74) is 13.4. The molecule has 0 aliphatic heterocycles. The number of nitrogens with two attached hydrogens (primary N) is 1. The Morgan fingerprint density at radius 3 is 2.52 bits per heavy atom. The van der Waals surface area contributed by atoms with Gasteiger partial charge in [-0.1, -0.05) is 29.3 Å². The van der Waals surface area contributed by atoms with Crippen molar-refractivity contribution in [3.05, 3.63) is 70.8 Å². The van der Waals surface area contributed by atoms with Crippen LogP contribution in [0.4, 0.5) is 27.4 Å². The second-order valence-electron chi connectivity index (χ2n) is 5.68. The lowest BCUT2D eigenvalue weighted by Gasteiger charge is -2.13. The predicted octanol–water partition coefficient (Wildman–Crippen LogP) is 3.66. The van der Waals surface area contributed by atoms with Crippen LogP contribution in [0.25, 0.3) is 0 Å². The maximum absolute atomic E-state index is 13.3. The molecule has 9 heteroatoms. The molecule has 0 saturated carbocycles. The maximum atomic E-state index is 13.3. The lowest BCUT2D eigenvalue weighted by Crippen LogP contribution is -2.30. The van der Waals surface area contributed by atoms with E-state index in [9.17, 15) is 9.18 Å². The Hall–Kier alpha value is -3.39. The number of hydrogen-bond donors (Lipinski definition) is 4. The molecule has 27 heavy (non-hydrogen) atoms. The number of aromatic nitrogens is 2. The third-order valence-electron chi connectivity index (χ3n) is 3.67. The molecule has 0 spiro atoms. The zero-order valence-electron chi connectivity index (χ0n) is 14.3. The van der Waals surface area contributed by atoms with Crippen molar-refractivity contribution in [3.63, 3.8) is 0 Å². The van der Waals surface area contributed by atoms with Gasteiger partial charge in [0.2, 0.25) is 0 Å². The van der Waals surface area contributed by atoms with E-state index in [4.69, 9.17) is 17.3 Å². The summed E-state index contributed by atoms with van der Waals surface area (Å²) in [4.78, 5) is 20.2. The monoisotopic (exact) mass is 386 g/mol. The highest BCUT2D eigenvalue weighted by Gasteiger charge is 2.11. The number of nitrogens with zero attached hydrogens (tertiary/aromatic N) is 2. The molecule has 0 atom stereocenters. The van der Waals surface area contributed by atoms with Crippen LogP contribution in [0, 0.1) is 12.7 Å². The van der Waals surface area contributed by atoms with E-state index in [1.165, 1.54) is 24.5 Å². The minimum atomic E-state index is -0.529. The van der Waals surface area contributed by atoms with Crippen molar-refractivity contribution >= 4 is 40.5 Å². The summed E-state index contributed by atoms with van der Waals surface area (Å²) >= 11 is 5.76. The zero-order valence-corrected chi connectivity index (χ0v) is 15.0. The van der Waals surface area contributed by atoms with Crippen LogP contribution in [0.15, 0.2) is 48.8 Å². The van der Waals surface area contributed by atoms with Gasteiger partial charge in [0, 0.05) is 11.3 Å². The topological polar surface area (TPSA) is 105 Å². The summed E-state index contributed by atoms with van der Waals surface area (Å²) in [5, 5.41) is 2.90. The Labute approximate surface area is 159 Å². The summed E-state index contributed by atoms with van der Waals surface area (Å²) in [7, 11) is 0. The van der Waals surface area contributed by atoms with Crippen molar-refractivity contribution in [1.82, 2.24) is 15.4 Å². The normalized spacial score (nSPS) is 10.3. The highest BCUT2D eigenvalue weighted by Crippen LogP contribution is 2.27. The molecule has 1 amide bonds. The molecule has 0 aliphatic carbocycles. The van der Waals surface area contributed by atoms with Crippen LogP contribution < -0.4 is 21.9 Å². The number of hydrazine groups is 1. The number of hydrogen-bond acceptors (Lipinski definition) is 6. The van der Waals surface area contributed by atoms with Crippen LogP contribution in [0.5, 0.6) is 0 Å². The number of anilines is 4. The summed E-state index contributed by atoms with van der Waals surface area (Å²) < 4.78 is 13.3. The fourth-order valence-corrected chi connectivity index (χ4v) is 2.38. The van der Waals surface area contributed by atoms with Gasteiger partial charge in [0.25, 0.3) is 5.91 Å². The van der Waals surface area contributed by atoms with Crippen molar-refractivity contribution in [1.29, 1.82) is 0 Å². The van der Waals surface area contributed by atoms with Crippen LogP contribution >= 0.6 is 11.6 Å². The Morgan fingerprint density at radius 2 is 1.81 bits per heavy atom. The molecule has 3 aromatic rings. The van der Waals surface area contributed by atoms with Crippen LogP contribution in [0.1, 0.15) is 15.9 Å². The maximum Gasteiger partial charge on any atom is 0.269 e. The first-order chi connectivity index (χ1) is 12.9. The number of aryl methyl sites for hydroxylation is 1. The lowest BCUT2D eigenvalue weighted by atomic mass is 10.1. The molecule has 138 valence electrons. The number of carbonyl (C=O) groups excluding carboxylic acids is 1. The summed E-state index contributed by atoms with van der Waals surface area (Å²) in [5.74, 6) is -0.382. The molecular weight excluding hydrogens is 371 g/mol. The number of nitrogens with one attached hydrogen (secondary N) is 3. The minimum Gasteiger partial charge on any atom is -0.393 e. The third kappa shape index (κ3) is 4.42. The number of rotatable bonds is 5. The highest BCUT2D eigenvalue weighted by atomic mass is 35.5. The average molecular weight is 387 g/mol. The van der Waals surface area contributed by atoms with Crippen LogP contribution in [0.3, 0.4) is 0 Å². The average Bonchev–Trinajstić information content (AvgIpc) is 2.66. The van der Waals surface area contributed by atoms with E-state index in [1.54, 1.807) is 12.1 Å². The van der Waals surface area contributed by atoms with E-state index in [0.717, 1.165) is 5.56 Å². The number of halogens is 2. The van der Waals surface area contributed by atoms with Crippen LogP contribution in [0.2, 0.25) is 5.02 Å². The molecule has 7 nitrogen and oxygen atoms in total. The van der Waals surface area contributed by atoms with Crippen molar-refractivity contribution in [2.24, 2.45) is 0 Å². The number of nitrogen functional groups attached to an aromatic ring is 1. The molecule has 0 radical (unpaired) electrons. The molecule has 0 saturated heterocycles. The minimum absolute atomic E-state index is 0.0312.